The third-order valence-electron chi connectivity index (χ3n) is 2.66. The Labute approximate surface area is 106 Å². The van der Waals surface area contributed by atoms with E-state index in [9.17, 15) is 5.11 Å². The van der Waals surface area contributed by atoms with E-state index in [2.05, 4.69) is 10.3 Å². The van der Waals surface area contributed by atoms with E-state index < -0.39 is 6.10 Å². The number of aliphatic hydroxyl groups is 2. The fraction of sp³-hybridized carbons (Fsp3) is 0.214. The van der Waals surface area contributed by atoms with Crippen LogP contribution in [0.5, 0.6) is 0 Å². The minimum absolute atomic E-state index is 0.246. The van der Waals surface area contributed by atoms with Gasteiger partial charge in [0.1, 0.15) is 0 Å². The highest BCUT2D eigenvalue weighted by Gasteiger charge is 2.06. The van der Waals surface area contributed by atoms with Crippen molar-refractivity contribution in [3.8, 4) is 11.1 Å². The van der Waals surface area contributed by atoms with E-state index in [0.717, 1.165) is 16.8 Å². The lowest BCUT2D eigenvalue weighted by molar-refractivity contribution is 0.105. The average Bonchev–Trinajstić information content (AvgIpc) is 2.46. The van der Waals surface area contributed by atoms with E-state index in [1.807, 2.05) is 36.4 Å². The van der Waals surface area contributed by atoms with Crippen molar-refractivity contribution in [3.63, 3.8) is 0 Å². The Balaban J connectivity index is 2.21. The van der Waals surface area contributed by atoms with Gasteiger partial charge in [-0.3, -0.25) is 4.98 Å². The summed E-state index contributed by atoms with van der Waals surface area (Å²) in [6, 6.07) is 11.7. The first-order valence-electron chi connectivity index (χ1n) is 5.83. The van der Waals surface area contributed by atoms with Crippen molar-refractivity contribution in [2.45, 2.75) is 6.10 Å². The molecule has 2 aromatic rings. The summed E-state index contributed by atoms with van der Waals surface area (Å²) in [6.45, 7) is 0.0724. The van der Waals surface area contributed by atoms with Gasteiger partial charge in [-0.15, -0.1) is 0 Å². The number of aliphatic hydroxyl groups excluding tert-OH is 2. The van der Waals surface area contributed by atoms with Crippen molar-refractivity contribution in [1.29, 1.82) is 0 Å². The van der Waals surface area contributed by atoms with Crippen LogP contribution in [0.15, 0.2) is 48.8 Å². The van der Waals surface area contributed by atoms with Gasteiger partial charge in [0.05, 0.1) is 12.7 Å². The molecular formula is C14H16N2O2. The molecule has 0 aliphatic heterocycles. The summed E-state index contributed by atoms with van der Waals surface area (Å²) < 4.78 is 0. The fourth-order valence-corrected chi connectivity index (χ4v) is 1.71. The molecule has 4 nitrogen and oxygen atoms in total. The Hall–Kier alpha value is -1.91. The van der Waals surface area contributed by atoms with Gasteiger partial charge in [-0.05, 0) is 23.8 Å². The maximum atomic E-state index is 9.36. The molecule has 0 saturated carbocycles. The van der Waals surface area contributed by atoms with Gasteiger partial charge in [0.25, 0.3) is 0 Å². The quantitative estimate of drug-likeness (QED) is 0.746. The molecule has 0 aliphatic rings. The highest BCUT2D eigenvalue weighted by Crippen LogP contribution is 2.26. The number of rotatable bonds is 5. The van der Waals surface area contributed by atoms with Crippen molar-refractivity contribution in [3.05, 3.63) is 48.8 Å². The van der Waals surface area contributed by atoms with Gasteiger partial charge < -0.3 is 15.5 Å². The fourth-order valence-electron chi connectivity index (χ4n) is 1.71. The summed E-state index contributed by atoms with van der Waals surface area (Å²) in [5, 5.41) is 21.3. The van der Waals surface area contributed by atoms with Crippen LogP contribution in [0.1, 0.15) is 0 Å². The lowest BCUT2D eigenvalue weighted by atomic mass is 10.1. The van der Waals surface area contributed by atoms with Crippen LogP contribution in [0, 0.1) is 0 Å². The molecule has 0 saturated heterocycles. The van der Waals surface area contributed by atoms with Crippen LogP contribution in [0.25, 0.3) is 11.1 Å². The molecule has 0 amide bonds. The number of nitrogens with zero attached hydrogens (tertiary/aromatic N) is 1. The Bertz CT molecular complexity index is 488. The van der Waals surface area contributed by atoms with E-state index in [1.54, 1.807) is 12.4 Å². The molecule has 1 unspecified atom stereocenters. The van der Waals surface area contributed by atoms with Crippen LogP contribution in [0.2, 0.25) is 0 Å². The molecule has 1 atom stereocenters. The lowest BCUT2D eigenvalue weighted by Crippen LogP contribution is -2.23. The van der Waals surface area contributed by atoms with Crippen molar-refractivity contribution in [1.82, 2.24) is 4.98 Å². The molecule has 0 aliphatic carbocycles. The molecule has 0 bridgehead atoms. The zero-order valence-electron chi connectivity index (χ0n) is 9.95. The van der Waals surface area contributed by atoms with Gasteiger partial charge >= 0.3 is 0 Å². The lowest BCUT2D eigenvalue weighted by Gasteiger charge is -2.14. The largest absolute Gasteiger partial charge is 0.394 e. The molecule has 1 heterocycles. The number of pyridine rings is 1. The van der Waals surface area contributed by atoms with E-state index in [0.29, 0.717) is 6.54 Å². The van der Waals surface area contributed by atoms with Crippen molar-refractivity contribution in [2.75, 3.05) is 18.5 Å². The standard InChI is InChI=1S/C14H16N2O2/c17-10-12(18)9-16-14-4-2-1-3-13(14)11-5-7-15-8-6-11/h1-8,12,16-18H,9-10H2. The molecule has 4 heteroatoms. The molecule has 0 spiro atoms. The summed E-state index contributed by atoms with van der Waals surface area (Å²) in [4.78, 5) is 3.99. The zero-order chi connectivity index (χ0) is 12.8. The molecule has 2 rings (SSSR count). The average molecular weight is 244 g/mol. The van der Waals surface area contributed by atoms with Gasteiger partial charge in [0.2, 0.25) is 0 Å². The summed E-state index contributed by atoms with van der Waals surface area (Å²) in [6.07, 6.45) is 2.74. The zero-order valence-corrected chi connectivity index (χ0v) is 9.95. The maximum Gasteiger partial charge on any atom is 0.0942 e. The van der Waals surface area contributed by atoms with Gasteiger partial charge in [-0.2, -0.15) is 0 Å². The Morgan fingerprint density at radius 2 is 1.83 bits per heavy atom. The third kappa shape index (κ3) is 3.06. The summed E-state index contributed by atoms with van der Waals surface area (Å²) >= 11 is 0. The molecule has 94 valence electrons. The first kappa shape index (κ1) is 12.5. The van der Waals surface area contributed by atoms with Crippen molar-refractivity contribution in [2.24, 2.45) is 0 Å². The minimum Gasteiger partial charge on any atom is -0.394 e. The summed E-state index contributed by atoms with van der Waals surface area (Å²) in [5.74, 6) is 0. The first-order chi connectivity index (χ1) is 8.81. The van der Waals surface area contributed by atoms with E-state index in [-0.39, 0.29) is 6.61 Å². The predicted octanol–water partition coefficient (Wildman–Crippen LogP) is 1.51. The Morgan fingerprint density at radius 1 is 1.11 bits per heavy atom. The minimum atomic E-state index is -0.754. The van der Waals surface area contributed by atoms with Crippen LogP contribution >= 0.6 is 0 Å². The highest BCUT2D eigenvalue weighted by molar-refractivity contribution is 5.77. The highest BCUT2D eigenvalue weighted by atomic mass is 16.3. The molecule has 18 heavy (non-hydrogen) atoms. The van der Waals surface area contributed by atoms with E-state index in [4.69, 9.17) is 5.11 Å². The van der Waals surface area contributed by atoms with Crippen LogP contribution in [-0.2, 0) is 0 Å². The first-order valence-corrected chi connectivity index (χ1v) is 5.83. The van der Waals surface area contributed by atoms with Crippen LogP contribution in [0.3, 0.4) is 0 Å². The number of aromatic nitrogens is 1. The number of hydrogen-bond donors (Lipinski definition) is 3. The third-order valence-corrected chi connectivity index (χ3v) is 2.66. The van der Waals surface area contributed by atoms with Crippen LogP contribution in [-0.4, -0.2) is 34.5 Å². The molecule has 0 fully saturated rings. The van der Waals surface area contributed by atoms with Crippen LogP contribution < -0.4 is 5.32 Å². The Kier molecular flexibility index (Phi) is 4.28. The van der Waals surface area contributed by atoms with E-state index >= 15 is 0 Å². The second kappa shape index (κ2) is 6.14. The molecular weight excluding hydrogens is 228 g/mol. The number of para-hydroxylation sites is 1. The normalized spacial score (nSPS) is 12.1. The van der Waals surface area contributed by atoms with Gasteiger partial charge in [-0.25, -0.2) is 0 Å². The smallest absolute Gasteiger partial charge is 0.0942 e. The second-order valence-electron chi connectivity index (χ2n) is 4.00. The number of nitrogens with one attached hydrogen (secondary N) is 1. The molecule has 1 aromatic heterocycles. The number of benzene rings is 1. The summed E-state index contributed by atoms with van der Waals surface area (Å²) in [5.41, 5.74) is 3.04. The topological polar surface area (TPSA) is 65.4 Å². The number of hydrogen-bond acceptors (Lipinski definition) is 4. The predicted molar refractivity (Wildman–Crippen MR) is 71.3 cm³/mol. The van der Waals surface area contributed by atoms with Crippen molar-refractivity contribution >= 4 is 5.69 Å². The van der Waals surface area contributed by atoms with E-state index in [1.165, 1.54) is 0 Å². The second-order valence-corrected chi connectivity index (χ2v) is 4.00. The number of anilines is 1. The molecule has 1 aromatic carbocycles. The summed E-state index contributed by atoms with van der Waals surface area (Å²) in [7, 11) is 0. The molecule has 3 N–H and O–H groups in total. The Morgan fingerprint density at radius 3 is 2.56 bits per heavy atom. The van der Waals surface area contributed by atoms with Gasteiger partial charge in [-0.1, -0.05) is 18.2 Å². The monoisotopic (exact) mass is 244 g/mol. The van der Waals surface area contributed by atoms with Crippen LogP contribution in [0.4, 0.5) is 5.69 Å². The van der Waals surface area contributed by atoms with Crippen molar-refractivity contribution < 1.29 is 10.2 Å². The van der Waals surface area contributed by atoms with Gasteiger partial charge in [0.15, 0.2) is 0 Å². The maximum absolute atomic E-state index is 9.36. The van der Waals surface area contributed by atoms with Gasteiger partial charge in [0, 0.05) is 30.2 Å². The molecule has 0 radical (unpaired) electrons. The SMILES string of the molecule is OCC(O)CNc1ccccc1-c1ccncc1.